The van der Waals surface area contributed by atoms with Gasteiger partial charge in [0.05, 0.1) is 0 Å². The molecule has 1 heterocycles. The van der Waals surface area contributed by atoms with Crippen LogP contribution in [0.5, 0.6) is 5.75 Å². The summed E-state index contributed by atoms with van der Waals surface area (Å²) in [5.74, 6) is 0.495. The van der Waals surface area contributed by atoms with E-state index in [1.165, 1.54) is 29.5 Å². The standard InChI is InChI=1S/C15H22N2O/c1-16-7-9-17(10-8-16)11-14-13-4-2-3-12(13)5-6-15(14)18/h5-6,18H,2-4,7-11H2,1H3. The number of aryl methyl sites for hydroxylation is 1. The third kappa shape index (κ3) is 2.25. The Balaban J connectivity index is 1.78. The van der Waals surface area contributed by atoms with Gasteiger partial charge >= 0.3 is 0 Å². The fourth-order valence-electron chi connectivity index (χ4n) is 3.14. The number of hydrogen-bond acceptors (Lipinski definition) is 3. The summed E-state index contributed by atoms with van der Waals surface area (Å²) >= 11 is 0. The van der Waals surface area contributed by atoms with E-state index >= 15 is 0 Å². The number of hydrogen-bond donors (Lipinski definition) is 1. The van der Waals surface area contributed by atoms with Gasteiger partial charge in [0.25, 0.3) is 0 Å². The van der Waals surface area contributed by atoms with Crippen molar-refractivity contribution in [2.45, 2.75) is 25.8 Å². The first kappa shape index (κ1) is 12.0. The molecule has 1 N–H and O–H groups in total. The third-order valence-electron chi connectivity index (χ3n) is 4.35. The van der Waals surface area contributed by atoms with Crippen LogP contribution in [0.1, 0.15) is 23.1 Å². The van der Waals surface area contributed by atoms with Crippen LogP contribution in [0.25, 0.3) is 0 Å². The number of likely N-dealkylation sites (N-methyl/N-ethyl adjacent to an activating group) is 1. The minimum Gasteiger partial charge on any atom is -0.508 e. The van der Waals surface area contributed by atoms with E-state index in [-0.39, 0.29) is 0 Å². The van der Waals surface area contributed by atoms with Crippen LogP contribution >= 0.6 is 0 Å². The number of phenols is 1. The first-order valence-electron chi connectivity index (χ1n) is 6.97. The molecule has 0 spiro atoms. The van der Waals surface area contributed by atoms with Crippen LogP contribution < -0.4 is 0 Å². The van der Waals surface area contributed by atoms with E-state index in [9.17, 15) is 5.11 Å². The van der Waals surface area contributed by atoms with Crippen LogP contribution in [0.15, 0.2) is 12.1 Å². The first-order chi connectivity index (χ1) is 8.74. The highest BCUT2D eigenvalue weighted by atomic mass is 16.3. The molecule has 18 heavy (non-hydrogen) atoms. The summed E-state index contributed by atoms with van der Waals surface area (Å²) in [6, 6.07) is 3.99. The molecule has 0 saturated carbocycles. The zero-order chi connectivity index (χ0) is 12.5. The van der Waals surface area contributed by atoms with Gasteiger partial charge in [-0.2, -0.15) is 0 Å². The number of benzene rings is 1. The van der Waals surface area contributed by atoms with Crippen molar-refractivity contribution in [3.8, 4) is 5.75 Å². The molecule has 0 bridgehead atoms. The van der Waals surface area contributed by atoms with Crippen molar-refractivity contribution in [3.05, 3.63) is 28.8 Å². The van der Waals surface area contributed by atoms with Gasteiger partial charge in [-0.25, -0.2) is 0 Å². The summed E-state index contributed by atoms with van der Waals surface area (Å²) in [5, 5.41) is 10.1. The summed E-state index contributed by atoms with van der Waals surface area (Å²) in [4.78, 5) is 4.83. The molecule has 0 amide bonds. The van der Waals surface area contributed by atoms with Crippen LogP contribution in [0.3, 0.4) is 0 Å². The lowest BCUT2D eigenvalue weighted by Crippen LogP contribution is -2.44. The van der Waals surface area contributed by atoms with Crippen molar-refractivity contribution in [2.24, 2.45) is 0 Å². The van der Waals surface area contributed by atoms with Gasteiger partial charge in [-0.1, -0.05) is 6.07 Å². The second-order valence-corrected chi connectivity index (χ2v) is 5.63. The van der Waals surface area contributed by atoms with Crippen LogP contribution in [0.4, 0.5) is 0 Å². The fourth-order valence-corrected chi connectivity index (χ4v) is 3.14. The molecule has 1 aliphatic heterocycles. The van der Waals surface area contributed by atoms with Crippen molar-refractivity contribution in [1.82, 2.24) is 9.80 Å². The number of rotatable bonds is 2. The fraction of sp³-hybridized carbons (Fsp3) is 0.600. The van der Waals surface area contributed by atoms with Crippen LogP contribution in [0, 0.1) is 0 Å². The number of nitrogens with zero attached hydrogens (tertiary/aromatic N) is 2. The molecule has 1 saturated heterocycles. The van der Waals surface area contributed by atoms with E-state index < -0.39 is 0 Å². The van der Waals surface area contributed by atoms with Gasteiger partial charge in [0, 0.05) is 38.3 Å². The summed E-state index contributed by atoms with van der Waals surface area (Å²) in [7, 11) is 2.18. The predicted octanol–water partition coefficient (Wildman–Crippen LogP) is 1.63. The van der Waals surface area contributed by atoms with Crippen LogP contribution in [-0.4, -0.2) is 48.1 Å². The molecule has 3 rings (SSSR count). The maximum Gasteiger partial charge on any atom is 0.120 e. The molecule has 0 unspecified atom stereocenters. The second kappa shape index (κ2) is 4.90. The minimum atomic E-state index is 0.495. The van der Waals surface area contributed by atoms with E-state index in [2.05, 4.69) is 22.9 Å². The van der Waals surface area contributed by atoms with Crippen molar-refractivity contribution in [1.29, 1.82) is 0 Å². The Labute approximate surface area is 109 Å². The lowest BCUT2D eigenvalue weighted by molar-refractivity contribution is 0.147. The van der Waals surface area contributed by atoms with Gasteiger partial charge in [0.2, 0.25) is 0 Å². The maximum atomic E-state index is 10.1. The molecule has 1 aliphatic carbocycles. The molecular formula is C15H22N2O. The van der Waals surface area contributed by atoms with Crippen molar-refractivity contribution in [2.75, 3.05) is 33.2 Å². The maximum absolute atomic E-state index is 10.1. The van der Waals surface area contributed by atoms with Crippen molar-refractivity contribution >= 4 is 0 Å². The average molecular weight is 246 g/mol. The summed E-state index contributed by atoms with van der Waals surface area (Å²) in [5.41, 5.74) is 4.07. The van der Waals surface area contributed by atoms with Crippen molar-refractivity contribution in [3.63, 3.8) is 0 Å². The molecule has 0 atom stereocenters. The highest BCUT2D eigenvalue weighted by Crippen LogP contribution is 2.32. The molecule has 0 aromatic heterocycles. The smallest absolute Gasteiger partial charge is 0.120 e. The summed E-state index contributed by atoms with van der Waals surface area (Å²) < 4.78 is 0. The van der Waals surface area contributed by atoms with Gasteiger partial charge in [-0.3, -0.25) is 4.90 Å². The van der Waals surface area contributed by atoms with E-state index in [4.69, 9.17) is 0 Å². The molecular weight excluding hydrogens is 224 g/mol. The first-order valence-corrected chi connectivity index (χ1v) is 6.97. The summed E-state index contributed by atoms with van der Waals surface area (Å²) in [6.07, 6.45) is 3.58. The molecule has 1 fully saturated rings. The molecule has 98 valence electrons. The largest absolute Gasteiger partial charge is 0.508 e. The van der Waals surface area contributed by atoms with Gasteiger partial charge in [-0.15, -0.1) is 0 Å². The SMILES string of the molecule is CN1CCN(Cc2c(O)ccc3c2CCC3)CC1. The van der Waals surface area contributed by atoms with Gasteiger partial charge < -0.3 is 10.0 Å². The lowest BCUT2D eigenvalue weighted by Gasteiger charge is -2.32. The second-order valence-electron chi connectivity index (χ2n) is 5.63. The Bertz CT molecular complexity index is 436. The Hall–Kier alpha value is -1.06. The third-order valence-corrected chi connectivity index (χ3v) is 4.35. The highest BCUT2D eigenvalue weighted by Gasteiger charge is 2.21. The highest BCUT2D eigenvalue weighted by molar-refractivity contribution is 5.46. The topological polar surface area (TPSA) is 26.7 Å². The zero-order valence-corrected chi connectivity index (χ0v) is 11.2. The van der Waals surface area contributed by atoms with Gasteiger partial charge in [0.1, 0.15) is 5.75 Å². The molecule has 2 aliphatic rings. The number of fused-ring (bicyclic) bond motifs is 1. The number of piperazine rings is 1. The number of phenolic OH excluding ortho intramolecular Hbond substituents is 1. The minimum absolute atomic E-state index is 0.495. The zero-order valence-electron chi connectivity index (χ0n) is 11.2. The Morgan fingerprint density at radius 2 is 1.89 bits per heavy atom. The van der Waals surface area contributed by atoms with Crippen LogP contribution in [0.2, 0.25) is 0 Å². The molecule has 0 radical (unpaired) electrons. The predicted molar refractivity (Wildman–Crippen MR) is 72.9 cm³/mol. The van der Waals surface area contributed by atoms with Crippen molar-refractivity contribution < 1.29 is 5.11 Å². The Morgan fingerprint density at radius 3 is 2.67 bits per heavy atom. The Kier molecular flexibility index (Phi) is 3.27. The molecule has 1 aromatic carbocycles. The van der Waals surface area contributed by atoms with Gasteiger partial charge in [-0.05, 0) is 43.5 Å². The summed E-state index contributed by atoms with van der Waals surface area (Å²) in [6.45, 7) is 5.41. The number of aromatic hydroxyl groups is 1. The van der Waals surface area contributed by atoms with E-state index in [1.54, 1.807) is 0 Å². The average Bonchev–Trinajstić information content (AvgIpc) is 2.84. The quantitative estimate of drug-likeness (QED) is 0.859. The lowest BCUT2D eigenvalue weighted by atomic mass is 10.0. The van der Waals surface area contributed by atoms with E-state index in [0.717, 1.165) is 39.1 Å². The monoisotopic (exact) mass is 246 g/mol. The molecule has 3 nitrogen and oxygen atoms in total. The molecule has 1 aromatic rings. The Morgan fingerprint density at radius 1 is 1.11 bits per heavy atom. The van der Waals surface area contributed by atoms with Crippen LogP contribution in [-0.2, 0) is 19.4 Å². The van der Waals surface area contributed by atoms with E-state index in [0.29, 0.717) is 5.75 Å². The normalized spacial score (nSPS) is 21.2. The van der Waals surface area contributed by atoms with Gasteiger partial charge in [0.15, 0.2) is 0 Å². The molecule has 3 heteroatoms. The van der Waals surface area contributed by atoms with E-state index in [1.807, 2.05) is 6.07 Å².